The van der Waals surface area contributed by atoms with E-state index in [1.807, 2.05) is 0 Å². The molecule has 1 aromatic carbocycles. The van der Waals surface area contributed by atoms with Gasteiger partial charge in [0.1, 0.15) is 0 Å². The quantitative estimate of drug-likeness (QED) is 0.626. The summed E-state index contributed by atoms with van der Waals surface area (Å²) >= 11 is 1.21. The molecule has 0 aliphatic heterocycles. The van der Waals surface area contributed by atoms with Crippen molar-refractivity contribution in [3.63, 3.8) is 0 Å². The molecule has 0 bridgehead atoms. The number of hydrogen-bond donors (Lipinski definition) is 1. The minimum absolute atomic E-state index is 0.187. The third-order valence-corrected chi connectivity index (χ3v) is 6.45. The fourth-order valence-electron chi connectivity index (χ4n) is 2.04. The van der Waals surface area contributed by atoms with E-state index in [1.54, 1.807) is 18.2 Å². The predicted octanol–water partition coefficient (Wildman–Crippen LogP) is 3.62. The van der Waals surface area contributed by atoms with E-state index in [0.717, 1.165) is 24.0 Å². The first-order valence-corrected chi connectivity index (χ1v) is 9.38. The van der Waals surface area contributed by atoms with Crippen LogP contribution >= 0.6 is 11.3 Å². The lowest BCUT2D eigenvalue weighted by Crippen LogP contribution is -2.06. The second kappa shape index (κ2) is 6.54. The lowest BCUT2D eigenvalue weighted by molar-refractivity contribution is 0.586. The van der Waals surface area contributed by atoms with E-state index in [9.17, 15) is 8.42 Å². The summed E-state index contributed by atoms with van der Waals surface area (Å²) in [4.78, 5) is 4.22. The van der Waals surface area contributed by atoms with Gasteiger partial charge in [0.2, 0.25) is 14.2 Å². The molecule has 0 unspecified atom stereocenters. The molecule has 2 aromatic rings. The van der Waals surface area contributed by atoms with E-state index < -0.39 is 9.84 Å². The molecular weight excluding hydrogens is 292 g/mol. The van der Waals surface area contributed by atoms with E-state index in [1.165, 1.54) is 17.8 Å². The van der Waals surface area contributed by atoms with Gasteiger partial charge in [0.25, 0.3) is 0 Å². The summed E-state index contributed by atoms with van der Waals surface area (Å²) in [5.74, 6) is 0.187. The predicted molar refractivity (Wildman–Crippen MR) is 84.8 cm³/mol. The number of anilines is 1. The number of benzene rings is 1. The van der Waals surface area contributed by atoms with Crippen LogP contribution in [-0.2, 0) is 9.84 Å². The third kappa shape index (κ3) is 3.70. The Labute approximate surface area is 123 Å². The van der Waals surface area contributed by atoms with Gasteiger partial charge in [-0.3, -0.25) is 0 Å². The second-order valence-corrected chi connectivity index (χ2v) is 8.25. The number of hydrogen-bond acceptors (Lipinski definition) is 5. The Hall–Kier alpha value is -1.14. The minimum Gasteiger partial charge on any atom is -0.399 e. The van der Waals surface area contributed by atoms with Crippen molar-refractivity contribution in [1.82, 2.24) is 4.98 Å². The average molecular weight is 312 g/mol. The van der Waals surface area contributed by atoms with Crippen LogP contribution in [0.2, 0.25) is 0 Å². The first-order valence-electron chi connectivity index (χ1n) is 6.92. The maximum atomic E-state index is 12.2. The molecule has 0 fully saturated rings. The highest BCUT2D eigenvalue weighted by Gasteiger charge is 2.19. The summed E-state index contributed by atoms with van der Waals surface area (Å²) < 4.78 is 25.5. The van der Waals surface area contributed by atoms with Crippen LogP contribution in [0.5, 0.6) is 0 Å². The second-order valence-electron chi connectivity index (χ2n) is 4.94. The lowest BCUT2D eigenvalue weighted by Gasteiger charge is -2.00. The molecule has 0 saturated heterocycles. The summed E-state index contributed by atoms with van der Waals surface area (Å²) in [7, 11) is -3.26. The molecule has 0 aliphatic carbocycles. The molecule has 1 aromatic heterocycles. The lowest BCUT2D eigenvalue weighted by atomic mass is 10.2. The molecule has 1 heterocycles. The van der Waals surface area contributed by atoms with Crippen molar-refractivity contribution in [3.05, 3.63) is 18.2 Å². The van der Waals surface area contributed by atoms with E-state index in [-0.39, 0.29) is 10.1 Å². The average Bonchev–Trinajstić information content (AvgIpc) is 2.82. The van der Waals surface area contributed by atoms with Crippen LogP contribution in [0.1, 0.15) is 39.0 Å². The highest BCUT2D eigenvalue weighted by molar-refractivity contribution is 7.93. The number of sulfone groups is 1. The van der Waals surface area contributed by atoms with Gasteiger partial charge >= 0.3 is 0 Å². The standard InChI is InChI=1S/C14H20N2O2S2/c1-2-3-4-5-6-9-20(17,18)14-16-12-8-7-11(15)10-13(12)19-14/h7-8,10H,2-6,9,15H2,1H3. The van der Waals surface area contributed by atoms with Gasteiger partial charge in [-0.2, -0.15) is 0 Å². The molecule has 2 N–H and O–H groups in total. The summed E-state index contributed by atoms with van der Waals surface area (Å²) in [5.41, 5.74) is 7.03. The Morgan fingerprint density at radius 1 is 1.20 bits per heavy atom. The van der Waals surface area contributed by atoms with Crippen molar-refractivity contribution >= 4 is 37.1 Å². The van der Waals surface area contributed by atoms with Gasteiger partial charge in [-0.1, -0.05) is 32.6 Å². The van der Waals surface area contributed by atoms with Gasteiger partial charge in [0, 0.05) is 5.69 Å². The molecule has 4 nitrogen and oxygen atoms in total. The number of nitrogens with two attached hydrogens (primary N) is 1. The van der Waals surface area contributed by atoms with E-state index >= 15 is 0 Å². The molecule has 110 valence electrons. The zero-order valence-electron chi connectivity index (χ0n) is 11.6. The number of unbranched alkanes of at least 4 members (excludes halogenated alkanes) is 4. The Bertz CT molecular complexity index is 678. The van der Waals surface area contributed by atoms with Crippen molar-refractivity contribution in [2.45, 2.75) is 43.4 Å². The van der Waals surface area contributed by atoms with Crippen molar-refractivity contribution in [3.8, 4) is 0 Å². The largest absolute Gasteiger partial charge is 0.399 e. The highest BCUT2D eigenvalue weighted by atomic mass is 32.2. The Morgan fingerprint density at radius 2 is 1.95 bits per heavy atom. The molecule has 0 spiro atoms. The van der Waals surface area contributed by atoms with Crippen molar-refractivity contribution in [2.24, 2.45) is 0 Å². The van der Waals surface area contributed by atoms with Gasteiger partial charge in [-0.15, -0.1) is 11.3 Å². The van der Waals surface area contributed by atoms with Crippen LogP contribution in [0.3, 0.4) is 0 Å². The summed E-state index contributed by atoms with van der Waals surface area (Å²) in [6, 6.07) is 5.28. The molecule has 0 radical (unpaired) electrons. The van der Waals surface area contributed by atoms with E-state index in [4.69, 9.17) is 5.73 Å². The highest BCUT2D eigenvalue weighted by Crippen LogP contribution is 2.28. The zero-order chi connectivity index (χ0) is 14.6. The molecule has 0 atom stereocenters. The number of nitrogens with zero attached hydrogens (tertiary/aromatic N) is 1. The molecule has 2 rings (SSSR count). The van der Waals surface area contributed by atoms with Gasteiger partial charge in [-0.25, -0.2) is 13.4 Å². The van der Waals surface area contributed by atoms with Crippen molar-refractivity contribution in [2.75, 3.05) is 11.5 Å². The van der Waals surface area contributed by atoms with Crippen LogP contribution in [0, 0.1) is 0 Å². The third-order valence-electron chi connectivity index (χ3n) is 3.18. The monoisotopic (exact) mass is 312 g/mol. The van der Waals surface area contributed by atoms with Crippen LogP contribution in [0.15, 0.2) is 22.5 Å². The Morgan fingerprint density at radius 3 is 2.70 bits per heavy atom. The normalized spacial score (nSPS) is 12.1. The first-order chi connectivity index (χ1) is 9.53. The number of aromatic nitrogens is 1. The molecule has 0 amide bonds. The van der Waals surface area contributed by atoms with E-state index in [0.29, 0.717) is 17.6 Å². The Balaban J connectivity index is 2.07. The van der Waals surface area contributed by atoms with Crippen LogP contribution in [-0.4, -0.2) is 19.2 Å². The topological polar surface area (TPSA) is 73.0 Å². The fourth-order valence-corrected chi connectivity index (χ4v) is 4.80. The molecule has 0 aliphatic rings. The summed E-state index contributed by atoms with van der Waals surface area (Å²) in [6.45, 7) is 2.14. The van der Waals surface area contributed by atoms with Gasteiger partial charge in [0.15, 0.2) is 0 Å². The SMILES string of the molecule is CCCCCCCS(=O)(=O)c1nc2ccc(N)cc2s1. The molecule has 20 heavy (non-hydrogen) atoms. The minimum atomic E-state index is -3.26. The maximum absolute atomic E-state index is 12.2. The smallest absolute Gasteiger partial charge is 0.210 e. The van der Waals surface area contributed by atoms with Crippen molar-refractivity contribution < 1.29 is 8.42 Å². The van der Waals surface area contributed by atoms with Gasteiger partial charge < -0.3 is 5.73 Å². The summed E-state index contributed by atoms with van der Waals surface area (Å²) in [5, 5.41) is 0. The number of nitrogen functional groups attached to an aromatic ring is 1. The van der Waals surface area contributed by atoms with E-state index in [2.05, 4.69) is 11.9 Å². The maximum Gasteiger partial charge on any atom is 0.210 e. The van der Waals surface area contributed by atoms with Crippen molar-refractivity contribution in [1.29, 1.82) is 0 Å². The number of thiazole rings is 1. The number of rotatable bonds is 7. The van der Waals surface area contributed by atoms with Crippen LogP contribution in [0.4, 0.5) is 5.69 Å². The fraction of sp³-hybridized carbons (Fsp3) is 0.500. The molecule has 6 heteroatoms. The summed E-state index contributed by atoms with van der Waals surface area (Å²) in [6.07, 6.45) is 5.10. The van der Waals surface area contributed by atoms with Gasteiger partial charge in [-0.05, 0) is 24.6 Å². The zero-order valence-corrected chi connectivity index (χ0v) is 13.3. The molecular formula is C14H20N2O2S2. The Kier molecular flexibility index (Phi) is 4.99. The molecule has 0 saturated carbocycles. The van der Waals surface area contributed by atoms with Crippen LogP contribution < -0.4 is 5.73 Å². The van der Waals surface area contributed by atoms with Gasteiger partial charge in [0.05, 0.1) is 16.0 Å². The number of fused-ring (bicyclic) bond motifs is 1. The van der Waals surface area contributed by atoms with Crippen LogP contribution in [0.25, 0.3) is 10.2 Å². The first kappa shape index (κ1) is 15.3.